The maximum atomic E-state index is 13.3. The van der Waals surface area contributed by atoms with Gasteiger partial charge in [0, 0.05) is 29.2 Å². The molecule has 5 nitrogen and oxygen atoms in total. The van der Waals surface area contributed by atoms with Crippen LogP contribution in [-0.4, -0.2) is 21.6 Å². The van der Waals surface area contributed by atoms with Crippen molar-refractivity contribution in [1.29, 1.82) is 0 Å². The van der Waals surface area contributed by atoms with Gasteiger partial charge in [-0.15, -0.1) is 0 Å². The van der Waals surface area contributed by atoms with E-state index < -0.39 is 11.8 Å². The van der Waals surface area contributed by atoms with E-state index in [2.05, 4.69) is 5.32 Å². The van der Waals surface area contributed by atoms with Gasteiger partial charge < -0.3 is 15.0 Å². The molecule has 1 aromatic heterocycles. The van der Waals surface area contributed by atoms with Crippen molar-refractivity contribution in [3.8, 4) is 5.69 Å². The van der Waals surface area contributed by atoms with Crippen LogP contribution in [0.3, 0.4) is 0 Å². The standard InChI is InChI=1S/C20H14ClFN2O3/c21-12-3-1-2-11(8-12)15-9-17(25)23-18-16(20(26)27)10-24(19(15)18)14-6-4-13(22)5-7-14/h1-8,10,15H,9H2,(H,23,25)(H,26,27)/t15-/m1/s1. The summed E-state index contributed by atoms with van der Waals surface area (Å²) in [5.74, 6) is -2.20. The lowest BCUT2D eigenvalue weighted by molar-refractivity contribution is -0.116. The van der Waals surface area contributed by atoms with Crippen LogP contribution in [0.15, 0.2) is 54.7 Å². The Balaban J connectivity index is 1.97. The number of benzene rings is 2. The predicted molar refractivity (Wildman–Crippen MR) is 99.2 cm³/mol. The fourth-order valence-electron chi connectivity index (χ4n) is 3.44. The van der Waals surface area contributed by atoms with Crippen molar-refractivity contribution in [3.05, 3.63) is 82.4 Å². The number of carboxylic acids is 1. The lowest BCUT2D eigenvalue weighted by Crippen LogP contribution is -2.25. The first-order valence-corrected chi connectivity index (χ1v) is 8.61. The zero-order valence-electron chi connectivity index (χ0n) is 13.9. The number of nitrogens with one attached hydrogen (secondary N) is 1. The molecule has 1 amide bonds. The molecule has 0 radical (unpaired) electrons. The van der Waals surface area contributed by atoms with Gasteiger partial charge in [0.05, 0.1) is 11.4 Å². The number of hydrogen-bond acceptors (Lipinski definition) is 2. The Kier molecular flexibility index (Phi) is 4.20. The van der Waals surface area contributed by atoms with Crippen molar-refractivity contribution in [1.82, 2.24) is 4.57 Å². The monoisotopic (exact) mass is 384 g/mol. The molecule has 1 aliphatic heterocycles. The van der Waals surface area contributed by atoms with Crippen LogP contribution >= 0.6 is 11.6 Å². The number of fused-ring (bicyclic) bond motifs is 1. The van der Waals surface area contributed by atoms with Crippen molar-refractivity contribution in [2.45, 2.75) is 12.3 Å². The molecular formula is C20H14ClFN2O3. The van der Waals surface area contributed by atoms with Crippen LogP contribution in [0.2, 0.25) is 5.02 Å². The second kappa shape index (κ2) is 6.55. The molecule has 0 spiro atoms. The van der Waals surface area contributed by atoms with Crippen molar-refractivity contribution >= 4 is 29.2 Å². The number of carbonyl (C=O) groups is 2. The molecule has 0 saturated carbocycles. The van der Waals surface area contributed by atoms with Gasteiger partial charge >= 0.3 is 5.97 Å². The largest absolute Gasteiger partial charge is 0.478 e. The molecule has 1 aliphatic rings. The van der Waals surface area contributed by atoms with Crippen molar-refractivity contribution in [2.24, 2.45) is 0 Å². The van der Waals surface area contributed by atoms with E-state index in [0.29, 0.717) is 16.4 Å². The topological polar surface area (TPSA) is 71.3 Å². The number of anilines is 1. The lowest BCUT2D eigenvalue weighted by Gasteiger charge is -2.26. The zero-order valence-corrected chi connectivity index (χ0v) is 14.7. The molecule has 0 bridgehead atoms. The van der Waals surface area contributed by atoms with E-state index in [-0.39, 0.29) is 29.5 Å². The summed E-state index contributed by atoms with van der Waals surface area (Å²) in [7, 11) is 0. The minimum atomic E-state index is -1.15. The van der Waals surface area contributed by atoms with Crippen molar-refractivity contribution in [2.75, 3.05) is 5.32 Å². The van der Waals surface area contributed by atoms with E-state index in [1.54, 1.807) is 34.9 Å². The molecule has 0 fully saturated rings. The molecule has 7 heteroatoms. The number of nitrogens with zero attached hydrogens (tertiary/aromatic N) is 1. The van der Waals surface area contributed by atoms with E-state index in [1.807, 2.05) is 6.07 Å². The molecule has 1 atom stereocenters. The molecule has 27 heavy (non-hydrogen) atoms. The van der Waals surface area contributed by atoms with Crippen molar-refractivity contribution in [3.63, 3.8) is 0 Å². The molecule has 4 rings (SSSR count). The van der Waals surface area contributed by atoms with Gasteiger partial charge in [-0.25, -0.2) is 9.18 Å². The summed E-state index contributed by atoms with van der Waals surface area (Å²) in [6, 6.07) is 12.9. The molecular weight excluding hydrogens is 371 g/mol. The SMILES string of the molecule is O=C1C[C@H](c2cccc(Cl)c2)c2c(c(C(=O)O)cn2-c2ccc(F)cc2)N1. The van der Waals surface area contributed by atoms with Crippen LogP contribution in [0.1, 0.15) is 34.0 Å². The minimum absolute atomic E-state index is 0.0191. The van der Waals surface area contributed by atoms with Crippen LogP contribution in [-0.2, 0) is 4.79 Å². The average molecular weight is 385 g/mol. The second-order valence-corrected chi connectivity index (χ2v) is 6.75. The second-order valence-electron chi connectivity index (χ2n) is 6.31. The summed E-state index contributed by atoms with van der Waals surface area (Å²) in [5.41, 5.74) is 2.27. The number of halogens is 2. The van der Waals surface area contributed by atoms with Crippen LogP contribution in [0.25, 0.3) is 5.69 Å². The molecule has 2 N–H and O–H groups in total. The molecule has 0 unspecified atom stereocenters. The van der Waals surface area contributed by atoms with Crippen molar-refractivity contribution < 1.29 is 19.1 Å². The quantitative estimate of drug-likeness (QED) is 0.701. The Bertz CT molecular complexity index is 1060. The Morgan fingerprint density at radius 1 is 1.22 bits per heavy atom. The molecule has 0 aliphatic carbocycles. The number of rotatable bonds is 3. The fourth-order valence-corrected chi connectivity index (χ4v) is 3.64. The van der Waals surface area contributed by atoms with Gasteiger partial charge in [0.2, 0.25) is 5.91 Å². The van der Waals surface area contributed by atoms with Gasteiger partial charge in [-0.3, -0.25) is 4.79 Å². The summed E-state index contributed by atoms with van der Waals surface area (Å²) >= 11 is 6.11. The smallest absolute Gasteiger partial charge is 0.339 e. The van der Waals surface area contributed by atoms with E-state index in [9.17, 15) is 19.1 Å². The third kappa shape index (κ3) is 3.08. The minimum Gasteiger partial charge on any atom is -0.478 e. The zero-order chi connectivity index (χ0) is 19.1. The highest BCUT2D eigenvalue weighted by Crippen LogP contribution is 2.42. The van der Waals surface area contributed by atoms with Gasteiger partial charge in [0.25, 0.3) is 0 Å². The molecule has 136 valence electrons. The molecule has 2 heterocycles. The first kappa shape index (κ1) is 17.3. The van der Waals surface area contributed by atoms with Crippen LogP contribution in [0.5, 0.6) is 0 Å². The number of carbonyl (C=O) groups excluding carboxylic acids is 1. The van der Waals surface area contributed by atoms with Crippen LogP contribution in [0, 0.1) is 5.82 Å². The highest BCUT2D eigenvalue weighted by molar-refractivity contribution is 6.30. The summed E-state index contributed by atoms with van der Waals surface area (Å²) < 4.78 is 15.0. The number of aromatic nitrogens is 1. The molecule has 0 saturated heterocycles. The van der Waals surface area contributed by atoms with Gasteiger partial charge in [-0.05, 0) is 42.0 Å². The average Bonchev–Trinajstić information content (AvgIpc) is 3.01. The Hall–Kier alpha value is -3.12. The predicted octanol–water partition coefficient (Wildman–Crippen LogP) is 4.44. The first-order chi connectivity index (χ1) is 12.9. The Labute approximate surface area is 159 Å². The lowest BCUT2D eigenvalue weighted by atomic mass is 9.88. The molecule has 3 aromatic rings. The maximum Gasteiger partial charge on any atom is 0.339 e. The summed E-state index contributed by atoms with van der Waals surface area (Å²) in [4.78, 5) is 24.0. The first-order valence-electron chi connectivity index (χ1n) is 8.24. The van der Waals surface area contributed by atoms with Crippen LogP contribution in [0.4, 0.5) is 10.1 Å². The van der Waals surface area contributed by atoms with E-state index in [0.717, 1.165) is 5.56 Å². The number of hydrogen-bond donors (Lipinski definition) is 2. The summed E-state index contributed by atoms with van der Waals surface area (Å²) in [6.07, 6.45) is 1.60. The van der Waals surface area contributed by atoms with Gasteiger partial charge in [0.1, 0.15) is 11.4 Å². The third-order valence-electron chi connectivity index (χ3n) is 4.61. The summed E-state index contributed by atoms with van der Waals surface area (Å²) in [5, 5.41) is 12.8. The Morgan fingerprint density at radius 3 is 2.63 bits per heavy atom. The fraction of sp³-hybridized carbons (Fsp3) is 0.100. The van der Waals surface area contributed by atoms with E-state index in [4.69, 9.17) is 11.6 Å². The Morgan fingerprint density at radius 2 is 1.96 bits per heavy atom. The normalized spacial score (nSPS) is 15.9. The number of aromatic carboxylic acids is 1. The van der Waals surface area contributed by atoms with Gasteiger partial charge in [-0.2, -0.15) is 0 Å². The highest BCUT2D eigenvalue weighted by Gasteiger charge is 2.34. The van der Waals surface area contributed by atoms with E-state index in [1.165, 1.54) is 18.3 Å². The molecule has 2 aromatic carbocycles. The van der Waals surface area contributed by atoms with Gasteiger partial charge in [0.15, 0.2) is 0 Å². The highest BCUT2D eigenvalue weighted by atomic mass is 35.5. The van der Waals surface area contributed by atoms with E-state index >= 15 is 0 Å². The van der Waals surface area contributed by atoms with Gasteiger partial charge in [-0.1, -0.05) is 23.7 Å². The third-order valence-corrected chi connectivity index (χ3v) is 4.85. The van der Waals surface area contributed by atoms with Crippen LogP contribution < -0.4 is 5.32 Å². The maximum absolute atomic E-state index is 13.3. The number of carboxylic acid groups (broad SMARTS) is 1. The number of amides is 1. The summed E-state index contributed by atoms with van der Waals surface area (Å²) in [6.45, 7) is 0.